The molecule has 0 unspecified atom stereocenters. The second-order valence-electron chi connectivity index (χ2n) is 6.49. The van der Waals surface area contributed by atoms with Crippen LogP contribution in [0, 0.1) is 6.92 Å². The number of hydrogen-bond acceptors (Lipinski definition) is 5. The number of imide groups is 1. The number of amides is 3. The van der Waals surface area contributed by atoms with Crippen molar-refractivity contribution in [3.05, 3.63) is 65.2 Å². The first kappa shape index (κ1) is 19.3. The highest BCUT2D eigenvalue weighted by Crippen LogP contribution is 2.22. The van der Waals surface area contributed by atoms with Crippen LogP contribution in [0.4, 0.5) is 5.69 Å². The standard InChI is InChI=1S/C21H20N2O5/c1-13-7-3-6-10-17(13)22-19(25)14(2)28-18(24)11-12-23-20(26)15-8-4-5-9-16(15)21(23)27/h3-10,14H,11-12H2,1-2H3,(H,22,25)/t14-/m0/s1. The second kappa shape index (κ2) is 8.04. The molecule has 1 atom stereocenters. The highest BCUT2D eigenvalue weighted by Gasteiger charge is 2.35. The summed E-state index contributed by atoms with van der Waals surface area (Å²) in [4.78, 5) is 49.8. The van der Waals surface area contributed by atoms with Gasteiger partial charge in [-0.05, 0) is 37.6 Å². The summed E-state index contributed by atoms with van der Waals surface area (Å²) < 4.78 is 5.13. The Kier molecular flexibility index (Phi) is 5.54. The lowest BCUT2D eigenvalue weighted by Crippen LogP contribution is -2.34. The smallest absolute Gasteiger partial charge is 0.308 e. The Morgan fingerprint density at radius 1 is 1.00 bits per heavy atom. The minimum atomic E-state index is -1.01. The molecule has 1 N–H and O–H groups in total. The number of rotatable bonds is 6. The van der Waals surface area contributed by atoms with E-state index in [1.165, 1.54) is 6.92 Å². The molecule has 0 bridgehead atoms. The molecule has 3 amide bonds. The molecule has 0 spiro atoms. The van der Waals surface area contributed by atoms with Gasteiger partial charge in [0.15, 0.2) is 6.10 Å². The number of hydrogen-bond donors (Lipinski definition) is 1. The molecule has 28 heavy (non-hydrogen) atoms. The normalized spacial score (nSPS) is 13.9. The Balaban J connectivity index is 1.52. The van der Waals surface area contributed by atoms with E-state index in [0.717, 1.165) is 10.5 Å². The van der Waals surface area contributed by atoms with Gasteiger partial charge in [0.25, 0.3) is 17.7 Å². The van der Waals surface area contributed by atoms with E-state index >= 15 is 0 Å². The van der Waals surface area contributed by atoms with Crippen molar-refractivity contribution in [2.75, 3.05) is 11.9 Å². The minimum Gasteiger partial charge on any atom is -0.452 e. The van der Waals surface area contributed by atoms with Gasteiger partial charge in [0.2, 0.25) is 0 Å². The van der Waals surface area contributed by atoms with Crippen molar-refractivity contribution in [2.24, 2.45) is 0 Å². The molecule has 0 saturated heterocycles. The third-order valence-corrected chi connectivity index (χ3v) is 4.50. The molecule has 0 aromatic heterocycles. The lowest BCUT2D eigenvalue weighted by molar-refractivity contribution is -0.153. The van der Waals surface area contributed by atoms with Crippen LogP contribution < -0.4 is 5.32 Å². The number of aryl methyl sites for hydroxylation is 1. The van der Waals surface area contributed by atoms with Crippen LogP contribution in [0.2, 0.25) is 0 Å². The number of carbonyl (C=O) groups excluding carboxylic acids is 4. The zero-order valence-corrected chi connectivity index (χ0v) is 15.6. The number of para-hydroxylation sites is 1. The fraction of sp³-hybridized carbons (Fsp3) is 0.238. The Morgan fingerprint density at radius 2 is 1.57 bits per heavy atom. The van der Waals surface area contributed by atoms with E-state index in [9.17, 15) is 19.2 Å². The summed E-state index contributed by atoms with van der Waals surface area (Å²) in [6.07, 6.45) is -1.19. The van der Waals surface area contributed by atoms with Gasteiger partial charge in [0.1, 0.15) is 0 Å². The topological polar surface area (TPSA) is 92.8 Å². The third-order valence-electron chi connectivity index (χ3n) is 4.50. The molecule has 144 valence electrons. The molecule has 0 saturated carbocycles. The van der Waals surface area contributed by atoms with E-state index < -0.39 is 29.8 Å². The average molecular weight is 380 g/mol. The molecule has 0 aliphatic carbocycles. The van der Waals surface area contributed by atoms with Crippen LogP contribution in [0.25, 0.3) is 0 Å². The Labute approximate surface area is 162 Å². The molecular weight excluding hydrogens is 360 g/mol. The van der Waals surface area contributed by atoms with E-state index in [-0.39, 0.29) is 13.0 Å². The van der Waals surface area contributed by atoms with Gasteiger partial charge in [-0.25, -0.2) is 0 Å². The van der Waals surface area contributed by atoms with Crippen molar-refractivity contribution in [3.63, 3.8) is 0 Å². The molecule has 3 rings (SSSR count). The number of nitrogens with zero attached hydrogens (tertiary/aromatic N) is 1. The van der Waals surface area contributed by atoms with E-state index in [2.05, 4.69) is 5.32 Å². The van der Waals surface area contributed by atoms with E-state index in [0.29, 0.717) is 16.8 Å². The van der Waals surface area contributed by atoms with Gasteiger partial charge in [-0.15, -0.1) is 0 Å². The van der Waals surface area contributed by atoms with Gasteiger partial charge in [-0.3, -0.25) is 24.1 Å². The number of fused-ring (bicyclic) bond motifs is 1. The van der Waals surface area contributed by atoms with Crippen molar-refractivity contribution >= 4 is 29.4 Å². The van der Waals surface area contributed by atoms with Gasteiger partial charge in [0, 0.05) is 12.2 Å². The van der Waals surface area contributed by atoms with E-state index in [4.69, 9.17) is 4.74 Å². The highest BCUT2D eigenvalue weighted by molar-refractivity contribution is 6.21. The number of anilines is 1. The van der Waals surface area contributed by atoms with Crippen molar-refractivity contribution in [3.8, 4) is 0 Å². The van der Waals surface area contributed by atoms with Crippen LogP contribution in [0.3, 0.4) is 0 Å². The largest absolute Gasteiger partial charge is 0.452 e. The maximum Gasteiger partial charge on any atom is 0.308 e. The van der Waals surface area contributed by atoms with Gasteiger partial charge in [-0.2, -0.15) is 0 Å². The fourth-order valence-electron chi connectivity index (χ4n) is 2.90. The number of benzene rings is 2. The predicted molar refractivity (Wildman–Crippen MR) is 102 cm³/mol. The Hall–Kier alpha value is -3.48. The summed E-state index contributed by atoms with van der Waals surface area (Å²) in [6, 6.07) is 13.8. The maximum absolute atomic E-state index is 12.3. The van der Waals surface area contributed by atoms with Crippen molar-refractivity contribution in [2.45, 2.75) is 26.4 Å². The van der Waals surface area contributed by atoms with Crippen LogP contribution >= 0.6 is 0 Å². The third kappa shape index (κ3) is 3.93. The van der Waals surface area contributed by atoms with Crippen LogP contribution in [0.1, 0.15) is 39.6 Å². The quantitative estimate of drug-likeness (QED) is 0.614. The summed E-state index contributed by atoms with van der Waals surface area (Å²) in [6.45, 7) is 3.22. The van der Waals surface area contributed by atoms with Crippen molar-refractivity contribution in [1.29, 1.82) is 0 Å². The van der Waals surface area contributed by atoms with Crippen LogP contribution in [0.5, 0.6) is 0 Å². The number of esters is 1. The van der Waals surface area contributed by atoms with Crippen molar-refractivity contribution in [1.82, 2.24) is 4.90 Å². The number of nitrogens with one attached hydrogen (secondary N) is 1. The second-order valence-corrected chi connectivity index (χ2v) is 6.49. The first-order chi connectivity index (χ1) is 13.4. The summed E-state index contributed by atoms with van der Waals surface area (Å²) in [5.74, 6) is -1.98. The van der Waals surface area contributed by atoms with Gasteiger partial charge in [0.05, 0.1) is 17.5 Å². The van der Waals surface area contributed by atoms with Crippen LogP contribution in [-0.2, 0) is 14.3 Å². The fourth-order valence-corrected chi connectivity index (χ4v) is 2.90. The molecule has 2 aromatic rings. The van der Waals surface area contributed by atoms with Gasteiger partial charge >= 0.3 is 5.97 Å². The molecule has 1 aliphatic heterocycles. The molecule has 1 heterocycles. The number of carbonyl (C=O) groups is 4. The SMILES string of the molecule is Cc1ccccc1NC(=O)[C@H](C)OC(=O)CCN1C(=O)c2ccccc2C1=O. The summed E-state index contributed by atoms with van der Waals surface area (Å²) in [5.41, 5.74) is 2.18. The molecule has 7 heteroatoms. The molecule has 7 nitrogen and oxygen atoms in total. The lowest BCUT2D eigenvalue weighted by Gasteiger charge is -2.16. The summed E-state index contributed by atoms with van der Waals surface area (Å²) in [5, 5.41) is 2.70. The Morgan fingerprint density at radius 3 is 2.18 bits per heavy atom. The summed E-state index contributed by atoms with van der Waals surface area (Å²) >= 11 is 0. The molecule has 0 radical (unpaired) electrons. The first-order valence-electron chi connectivity index (χ1n) is 8.89. The first-order valence-corrected chi connectivity index (χ1v) is 8.89. The molecule has 0 fully saturated rings. The average Bonchev–Trinajstić information content (AvgIpc) is 2.92. The zero-order chi connectivity index (χ0) is 20.3. The van der Waals surface area contributed by atoms with E-state index in [1.807, 2.05) is 19.1 Å². The van der Waals surface area contributed by atoms with Crippen LogP contribution in [0.15, 0.2) is 48.5 Å². The minimum absolute atomic E-state index is 0.0999. The molecule has 2 aromatic carbocycles. The van der Waals surface area contributed by atoms with E-state index in [1.54, 1.807) is 36.4 Å². The van der Waals surface area contributed by atoms with Gasteiger partial charge < -0.3 is 10.1 Å². The Bertz CT molecular complexity index is 918. The lowest BCUT2D eigenvalue weighted by atomic mass is 10.1. The zero-order valence-electron chi connectivity index (χ0n) is 15.6. The van der Waals surface area contributed by atoms with Gasteiger partial charge in [-0.1, -0.05) is 30.3 Å². The molecule has 1 aliphatic rings. The van der Waals surface area contributed by atoms with Crippen LogP contribution in [-0.4, -0.2) is 41.2 Å². The highest BCUT2D eigenvalue weighted by atomic mass is 16.5. The van der Waals surface area contributed by atoms with Crippen molar-refractivity contribution < 1.29 is 23.9 Å². The monoisotopic (exact) mass is 380 g/mol. The molecular formula is C21H20N2O5. The maximum atomic E-state index is 12.3. The summed E-state index contributed by atoms with van der Waals surface area (Å²) in [7, 11) is 0. The number of ether oxygens (including phenoxy) is 1. The predicted octanol–water partition coefficient (Wildman–Crippen LogP) is 2.55.